The number of H-pyrrole nitrogens is 1. The molecule has 1 saturated carbocycles. The van der Waals surface area contributed by atoms with Gasteiger partial charge in [0.2, 0.25) is 0 Å². The van der Waals surface area contributed by atoms with Crippen LogP contribution in [0.5, 0.6) is 0 Å². The number of anilines is 1. The van der Waals surface area contributed by atoms with Crippen molar-refractivity contribution in [3.63, 3.8) is 0 Å². The lowest BCUT2D eigenvalue weighted by molar-refractivity contribution is 0.0382. The number of rotatable bonds is 2. The van der Waals surface area contributed by atoms with Crippen LogP contribution in [0.4, 0.5) is 5.95 Å². The molecule has 2 aliphatic rings. The average molecular weight is 250 g/mol. The molecule has 1 atom stereocenters. The standard InChI is InChI=1S/C12H18N4O2/c1-7-9(15-11(13)14-7)10(17)16-6-2-3-8(16)12(18)4-5-12/h8,18H,2-6H2,1H3,(H3,13,14,15). The van der Waals surface area contributed by atoms with Crippen molar-refractivity contribution in [3.8, 4) is 0 Å². The Hall–Kier alpha value is -1.56. The Morgan fingerprint density at radius 1 is 1.61 bits per heavy atom. The number of nitrogens with zero attached hydrogens (tertiary/aromatic N) is 2. The van der Waals surface area contributed by atoms with Crippen molar-refractivity contribution in [1.29, 1.82) is 0 Å². The second-order valence-corrected chi connectivity index (χ2v) is 5.36. The van der Waals surface area contributed by atoms with Crippen molar-refractivity contribution in [2.75, 3.05) is 12.3 Å². The zero-order chi connectivity index (χ0) is 12.9. The molecule has 1 aliphatic carbocycles. The van der Waals surface area contributed by atoms with Gasteiger partial charge in [-0.1, -0.05) is 0 Å². The van der Waals surface area contributed by atoms with Gasteiger partial charge < -0.3 is 20.7 Å². The van der Waals surface area contributed by atoms with Crippen LogP contribution in [0.2, 0.25) is 0 Å². The predicted molar refractivity (Wildman–Crippen MR) is 66.0 cm³/mol. The van der Waals surface area contributed by atoms with E-state index in [0.717, 1.165) is 25.7 Å². The molecule has 0 aromatic carbocycles. The minimum atomic E-state index is -0.651. The van der Waals surface area contributed by atoms with E-state index < -0.39 is 5.60 Å². The Balaban J connectivity index is 1.86. The number of hydrogen-bond acceptors (Lipinski definition) is 4. The van der Waals surface area contributed by atoms with Gasteiger partial charge in [0, 0.05) is 12.2 Å². The Kier molecular flexibility index (Phi) is 2.38. The molecule has 0 spiro atoms. The number of carbonyl (C=O) groups excluding carboxylic acids is 1. The number of aliphatic hydroxyl groups is 1. The van der Waals surface area contributed by atoms with Crippen molar-refractivity contribution < 1.29 is 9.90 Å². The number of imidazole rings is 1. The fourth-order valence-electron chi connectivity index (χ4n) is 2.86. The van der Waals surface area contributed by atoms with Crippen molar-refractivity contribution in [1.82, 2.24) is 14.9 Å². The van der Waals surface area contributed by atoms with Gasteiger partial charge in [0.1, 0.15) is 0 Å². The molecule has 6 heteroatoms. The Bertz CT molecular complexity index is 492. The molecule has 1 aromatic heterocycles. The summed E-state index contributed by atoms with van der Waals surface area (Å²) in [5.74, 6) is 0.139. The van der Waals surface area contributed by atoms with Crippen LogP contribution in [0.25, 0.3) is 0 Å². The normalized spacial score (nSPS) is 25.4. The number of aromatic nitrogens is 2. The number of nitrogens with two attached hydrogens (primary N) is 1. The third-order valence-corrected chi connectivity index (χ3v) is 4.00. The highest BCUT2D eigenvalue weighted by Gasteiger charge is 2.53. The zero-order valence-electron chi connectivity index (χ0n) is 10.4. The fraction of sp³-hybridized carbons (Fsp3) is 0.667. The summed E-state index contributed by atoms with van der Waals surface area (Å²) < 4.78 is 0. The maximum Gasteiger partial charge on any atom is 0.274 e. The minimum Gasteiger partial charge on any atom is -0.388 e. The van der Waals surface area contributed by atoms with Crippen molar-refractivity contribution in [2.45, 2.75) is 44.2 Å². The van der Waals surface area contributed by atoms with Gasteiger partial charge in [-0.15, -0.1) is 0 Å². The Morgan fingerprint density at radius 3 is 2.89 bits per heavy atom. The maximum atomic E-state index is 12.4. The molecule has 0 radical (unpaired) electrons. The average Bonchev–Trinajstić information content (AvgIpc) is 2.79. The van der Waals surface area contributed by atoms with E-state index in [2.05, 4.69) is 9.97 Å². The molecule has 98 valence electrons. The highest BCUT2D eigenvalue weighted by atomic mass is 16.3. The van der Waals surface area contributed by atoms with Gasteiger partial charge in [0.25, 0.3) is 5.91 Å². The lowest BCUT2D eigenvalue weighted by Crippen LogP contribution is -2.44. The van der Waals surface area contributed by atoms with Gasteiger partial charge in [-0.3, -0.25) is 4.79 Å². The predicted octanol–water partition coefficient (Wildman–Crippen LogP) is 0.430. The SMILES string of the molecule is Cc1[nH]c(N)nc1C(=O)N1CCCC1C1(O)CC1. The van der Waals surface area contributed by atoms with Crippen LogP contribution in [0, 0.1) is 6.92 Å². The Morgan fingerprint density at radius 2 is 2.33 bits per heavy atom. The van der Waals surface area contributed by atoms with E-state index in [1.165, 1.54) is 0 Å². The van der Waals surface area contributed by atoms with Crippen LogP contribution in [-0.4, -0.2) is 44.1 Å². The monoisotopic (exact) mass is 250 g/mol. The number of nitrogens with one attached hydrogen (secondary N) is 1. The lowest BCUT2D eigenvalue weighted by atomic mass is 10.1. The molecule has 1 amide bonds. The van der Waals surface area contributed by atoms with Crippen molar-refractivity contribution in [3.05, 3.63) is 11.4 Å². The number of amides is 1. The van der Waals surface area contributed by atoms with Crippen LogP contribution in [0.15, 0.2) is 0 Å². The van der Waals surface area contributed by atoms with E-state index in [-0.39, 0.29) is 17.9 Å². The largest absolute Gasteiger partial charge is 0.388 e. The summed E-state index contributed by atoms with van der Waals surface area (Å²) in [6.07, 6.45) is 3.41. The third-order valence-electron chi connectivity index (χ3n) is 4.00. The summed E-state index contributed by atoms with van der Waals surface area (Å²) in [5.41, 5.74) is 5.98. The molecule has 0 bridgehead atoms. The number of aryl methyl sites for hydroxylation is 1. The lowest BCUT2D eigenvalue weighted by Gasteiger charge is -2.28. The third kappa shape index (κ3) is 1.68. The number of carbonyl (C=O) groups is 1. The van der Waals surface area contributed by atoms with Gasteiger partial charge in [-0.2, -0.15) is 0 Å². The molecular formula is C12H18N4O2. The van der Waals surface area contributed by atoms with Crippen LogP contribution in [-0.2, 0) is 0 Å². The summed E-state index contributed by atoms with van der Waals surface area (Å²) >= 11 is 0. The van der Waals surface area contributed by atoms with Gasteiger partial charge in [-0.25, -0.2) is 4.98 Å². The van der Waals surface area contributed by atoms with E-state index >= 15 is 0 Å². The molecule has 2 fully saturated rings. The molecule has 4 N–H and O–H groups in total. The van der Waals surface area contributed by atoms with E-state index in [4.69, 9.17) is 5.73 Å². The highest BCUT2D eigenvalue weighted by molar-refractivity contribution is 5.94. The minimum absolute atomic E-state index is 0.0534. The number of likely N-dealkylation sites (tertiary alicyclic amines) is 1. The molecule has 1 saturated heterocycles. The van der Waals surface area contributed by atoms with Gasteiger partial charge in [-0.05, 0) is 32.6 Å². The smallest absolute Gasteiger partial charge is 0.274 e. The van der Waals surface area contributed by atoms with Crippen molar-refractivity contribution in [2.24, 2.45) is 0 Å². The number of hydrogen-bond donors (Lipinski definition) is 3. The first kappa shape index (κ1) is 11.5. The maximum absolute atomic E-state index is 12.4. The second kappa shape index (κ2) is 3.71. The zero-order valence-corrected chi connectivity index (χ0v) is 10.4. The fourth-order valence-corrected chi connectivity index (χ4v) is 2.86. The quantitative estimate of drug-likeness (QED) is 0.709. The van der Waals surface area contributed by atoms with Gasteiger partial charge >= 0.3 is 0 Å². The molecule has 1 aromatic rings. The molecule has 18 heavy (non-hydrogen) atoms. The van der Waals surface area contributed by atoms with Crippen LogP contribution in [0.3, 0.4) is 0 Å². The molecule has 6 nitrogen and oxygen atoms in total. The summed E-state index contributed by atoms with van der Waals surface area (Å²) in [7, 11) is 0. The molecule has 3 rings (SSSR count). The molecule has 1 unspecified atom stereocenters. The van der Waals surface area contributed by atoms with Crippen LogP contribution >= 0.6 is 0 Å². The summed E-state index contributed by atoms with van der Waals surface area (Å²) in [6, 6.07) is -0.0534. The first-order valence-corrected chi connectivity index (χ1v) is 6.37. The van der Waals surface area contributed by atoms with Crippen LogP contribution < -0.4 is 5.73 Å². The number of aromatic amines is 1. The van der Waals surface area contributed by atoms with Gasteiger partial charge in [0.05, 0.1) is 11.6 Å². The summed E-state index contributed by atoms with van der Waals surface area (Å²) in [4.78, 5) is 21.1. The summed E-state index contributed by atoms with van der Waals surface area (Å²) in [5, 5.41) is 10.2. The van der Waals surface area contributed by atoms with E-state index in [1.807, 2.05) is 0 Å². The topological polar surface area (TPSA) is 95.2 Å². The first-order valence-electron chi connectivity index (χ1n) is 6.37. The van der Waals surface area contributed by atoms with Crippen LogP contribution in [0.1, 0.15) is 41.9 Å². The second-order valence-electron chi connectivity index (χ2n) is 5.36. The van der Waals surface area contributed by atoms with Gasteiger partial charge in [0.15, 0.2) is 11.6 Å². The van der Waals surface area contributed by atoms with E-state index in [9.17, 15) is 9.90 Å². The first-order chi connectivity index (χ1) is 8.51. The molecular weight excluding hydrogens is 232 g/mol. The van der Waals surface area contributed by atoms with E-state index in [1.54, 1.807) is 11.8 Å². The number of nitrogen functional groups attached to an aromatic ring is 1. The highest BCUT2D eigenvalue weighted by Crippen LogP contribution is 2.44. The Labute approximate surface area is 105 Å². The summed E-state index contributed by atoms with van der Waals surface area (Å²) in [6.45, 7) is 2.48. The molecule has 1 aliphatic heterocycles. The van der Waals surface area contributed by atoms with E-state index in [0.29, 0.717) is 17.9 Å². The van der Waals surface area contributed by atoms with Crippen molar-refractivity contribution >= 4 is 11.9 Å². The molecule has 2 heterocycles.